The number of rotatable bonds is 5. The first kappa shape index (κ1) is 15.9. The normalized spacial score (nSPS) is 9.72. The van der Waals surface area contributed by atoms with E-state index in [0.717, 1.165) is 5.57 Å². The van der Waals surface area contributed by atoms with Gasteiger partial charge < -0.3 is 5.32 Å². The van der Waals surface area contributed by atoms with Crippen LogP contribution in [-0.4, -0.2) is 12.5 Å². The molecule has 1 aromatic carbocycles. The van der Waals surface area contributed by atoms with Gasteiger partial charge in [-0.15, -0.1) is 0 Å². The van der Waals surface area contributed by atoms with E-state index in [0.29, 0.717) is 13.0 Å². The van der Waals surface area contributed by atoms with E-state index in [1.165, 1.54) is 0 Å². The minimum absolute atomic E-state index is 0.0190. The lowest BCUT2D eigenvalue weighted by atomic mass is 10.1. The van der Waals surface area contributed by atoms with Crippen LogP contribution in [0, 0.1) is 0 Å². The molecule has 0 aliphatic heterocycles. The SMILES string of the molecule is C=C/C=C(\C=C)CC(=O)NCC.c1ccccc1. The first-order valence-electron chi connectivity index (χ1n) is 5.95. The maximum absolute atomic E-state index is 11.1. The highest BCUT2D eigenvalue weighted by molar-refractivity contribution is 5.79. The fraction of sp³-hybridized carbons (Fsp3) is 0.188. The Morgan fingerprint density at radius 1 is 1.11 bits per heavy atom. The Morgan fingerprint density at radius 3 is 1.94 bits per heavy atom. The fourth-order valence-electron chi connectivity index (χ4n) is 1.18. The molecule has 96 valence electrons. The van der Waals surface area contributed by atoms with Crippen LogP contribution >= 0.6 is 0 Å². The van der Waals surface area contributed by atoms with Crippen molar-refractivity contribution >= 4 is 5.91 Å². The van der Waals surface area contributed by atoms with E-state index in [1.54, 1.807) is 18.2 Å². The average Bonchev–Trinajstić information content (AvgIpc) is 2.41. The molecule has 0 spiro atoms. The number of amides is 1. The van der Waals surface area contributed by atoms with Crippen LogP contribution in [0.2, 0.25) is 0 Å². The number of allylic oxidation sites excluding steroid dienone is 3. The van der Waals surface area contributed by atoms with E-state index < -0.39 is 0 Å². The predicted octanol–water partition coefficient (Wildman–Crippen LogP) is 3.50. The van der Waals surface area contributed by atoms with Gasteiger partial charge in [0.25, 0.3) is 0 Å². The number of carbonyl (C=O) groups excluding carboxylic acids is 1. The molecular formula is C16H21NO. The van der Waals surface area contributed by atoms with E-state index in [2.05, 4.69) is 18.5 Å². The molecule has 0 atom stereocenters. The van der Waals surface area contributed by atoms with E-state index in [1.807, 2.05) is 43.3 Å². The highest BCUT2D eigenvalue weighted by Crippen LogP contribution is 2.01. The summed E-state index contributed by atoms with van der Waals surface area (Å²) in [5, 5.41) is 2.71. The van der Waals surface area contributed by atoms with Gasteiger partial charge in [-0.3, -0.25) is 4.79 Å². The molecule has 0 saturated heterocycles. The Kier molecular flexibility index (Phi) is 10.1. The first-order chi connectivity index (χ1) is 8.74. The summed E-state index contributed by atoms with van der Waals surface area (Å²) in [6.07, 6.45) is 5.47. The smallest absolute Gasteiger partial charge is 0.224 e. The number of hydrogen-bond donors (Lipinski definition) is 1. The molecule has 0 fully saturated rings. The summed E-state index contributed by atoms with van der Waals surface area (Å²) in [5.74, 6) is 0.0190. The molecule has 0 saturated carbocycles. The molecule has 0 aliphatic rings. The monoisotopic (exact) mass is 243 g/mol. The third-order valence-corrected chi connectivity index (χ3v) is 2.00. The van der Waals surface area contributed by atoms with Crippen molar-refractivity contribution < 1.29 is 4.79 Å². The van der Waals surface area contributed by atoms with Crippen molar-refractivity contribution in [3.63, 3.8) is 0 Å². The molecule has 0 heterocycles. The van der Waals surface area contributed by atoms with Crippen molar-refractivity contribution in [1.82, 2.24) is 5.32 Å². The zero-order valence-corrected chi connectivity index (χ0v) is 10.9. The van der Waals surface area contributed by atoms with Gasteiger partial charge in [0.1, 0.15) is 0 Å². The van der Waals surface area contributed by atoms with Crippen molar-refractivity contribution in [3.05, 3.63) is 73.4 Å². The molecule has 2 nitrogen and oxygen atoms in total. The van der Waals surface area contributed by atoms with Crippen LogP contribution < -0.4 is 5.32 Å². The molecule has 0 aliphatic carbocycles. The average molecular weight is 243 g/mol. The standard InChI is InChI=1S/C10H15NO.C6H6/c1-4-7-9(5-2)8-10(12)11-6-3;1-2-4-6-5-3-1/h4-5,7H,1-2,6,8H2,3H3,(H,11,12);1-6H/b9-7+;. The molecule has 1 aromatic rings. The molecule has 1 rings (SSSR count). The topological polar surface area (TPSA) is 29.1 Å². The van der Waals surface area contributed by atoms with Crippen molar-refractivity contribution in [3.8, 4) is 0 Å². The molecule has 0 aromatic heterocycles. The van der Waals surface area contributed by atoms with Gasteiger partial charge in [-0.2, -0.15) is 0 Å². The number of benzene rings is 1. The van der Waals surface area contributed by atoms with E-state index in [4.69, 9.17) is 0 Å². The number of hydrogen-bond acceptors (Lipinski definition) is 1. The highest BCUT2D eigenvalue weighted by atomic mass is 16.1. The summed E-state index contributed by atoms with van der Waals surface area (Å²) in [6.45, 7) is 9.70. The molecule has 0 radical (unpaired) electrons. The Bertz CT molecular complexity index is 353. The van der Waals surface area contributed by atoms with Crippen molar-refractivity contribution in [1.29, 1.82) is 0 Å². The van der Waals surface area contributed by atoms with Gasteiger partial charge in [0.05, 0.1) is 6.42 Å². The Morgan fingerprint density at radius 2 is 1.61 bits per heavy atom. The largest absolute Gasteiger partial charge is 0.356 e. The van der Waals surface area contributed by atoms with E-state index in [-0.39, 0.29) is 5.91 Å². The van der Waals surface area contributed by atoms with Gasteiger partial charge in [-0.05, 0) is 12.5 Å². The molecule has 1 amide bonds. The Labute approximate surface area is 110 Å². The third kappa shape index (κ3) is 9.16. The lowest BCUT2D eigenvalue weighted by Gasteiger charge is -2.01. The second kappa shape index (κ2) is 11.4. The second-order valence-electron chi connectivity index (χ2n) is 3.47. The molecule has 18 heavy (non-hydrogen) atoms. The first-order valence-corrected chi connectivity index (χ1v) is 5.95. The van der Waals surface area contributed by atoms with Gasteiger partial charge in [-0.1, -0.05) is 67.8 Å². The minimum Gasteiger partial charge on any atom is -0.356 e. The molecular weight excluding hydrogens is 222 g/mol. The lowest BCUT2D eigenvalue weighted by molar-refractivity contribution is -0.120. The van der Waals surface area contributed by atoms with Crippen LogP contribution in [0.3, 0.4) is 0 Å². The zero-order valence-electron chi connectivity index (χ0n) is 10.9. The van der Waals surface area contributed by atoms with Gasteiger partial charge in [0, 0.05) is 6.54 Å². The van der Waals surface area contributed by atoms with E-state index >= 15 is 0 Å². The second-order valence-corrected chi connectivity index (χ2v) is 3.47. The third-order valence-electron chi connectivity index (χ3n) is 2.00. The lowest BCUT2D eigenvalue weighted by Crippen LogP contribution is -2.22. The van der Waals surface area contributed by atoms with Crippen LogP contribution in [0.1, 0.15) is 13.3 Å². The fourth-order valence-corrected chi connectivity index (χ4v) is 1.18. The molecule has 2 heteroatoms. The van der Waals surface area contributed by atoms with Crippen molar-refractivity contribution in [2.45, 2.75) is 13.3 Å². The summed E-state index contributed by atoms with van der Waals surface area (Å²) in [4.78, 5) is 11.1. The predicted molar refractivity (Wildman–Crippen MR) is 78.2 cm³/mol. The van der Waals surface area contributed by atoms with Gasteiger partial charge in [0.15, 0.2) is 0 Å². The molecule has 0 bridgehead atoms. The summed E-state index contributed by atoms with van der Waals surface area (Å²) in [6, 6.07) is 12.0. The minimum atomic E-state index is 0.0190. The maximum Gasteiger partial charge on any atom is 0.224 e. The Hall–Kier alpha value is -2.09. The number of carbonyl (C=O) groups is 1. The van der Waals surface area contributed by atoms with Crippen LogP contribution in [0.5, 0.6) is 0 Å². The summed E-state index contributed by atoms with van der Waals surface area (Å²) in [5.41, 5.74) is 0.885. The Balaban J connectivity index is 0.000000397. The van der Waals surface area contributed by atoms with Crippen LogP contribution in [0.25, 0.3) is 0 Å². The van der Waals surface area contributed by atoms with Crippen LogP contribution in [-0.2, 0) is 4.79 Å². The van der Waals surface area contributed by atoms with Gasteiger partial charge >= 0.3 is 0 Å². The van der Waals surface area contributed by atoms with Crippen LogP contribution in [0.4, 0.5) is 0 Å². The molecule has 1 N–H and O–H groups in total. The zero-order chi connectivity index (χ0) is 13.6. The van der Waals surface area contributed by atoms with Gasteiger partial charge in [-0.25, -0.2) is 0 Å². The number of nitrogens with one attached hydrogen (secondary N) is 1. The van der Waals surface area contributed by atoms with Crippen molar-refractivity contribution in [2.24, 2.45) is 0 Å². The maximum atomic E-state index is 11.1. The quantitative estimate of drug-likeness (QED) is 0.788. The van der Waals surface area contributed by atoms with Crippen LogP contribution in [0.15, 0.2) is 73.4 Å². The summed E-state index contributed by atoms with van der Waals surface area (Å²) < 4.78 is 0. The molecule has 0 unspecified atom stereocenters. The highest BCUT2D eigenvalue weighted by Gasteiger charge is 1.99. The summed E-state index contributed by atoms with van der Waals surface area (Å²) >= 11 is 0. The van der Waals surface area contributed by atoms with E-state index in [9.17, 15) is 4.79 Å². The van der Waals surface area contributed by atoms with Crippen molar-refractivity contribution in [2.75, 3.05) is 6.54 Å². The summed E-state index contributed by atoms with van der Waals surface area (Å²) in [7, 11) is 0. The van der Waals surface area contributed by atoms with Gasteiger partial charge in [0.2, 0.25) is 5.91 Å².